The minimum atomic E-state index is -1.30. The van der Waals surface area contributed by atoms with Crippen LogP contribution in [0.1, 0.15) is 254 Å². The van der Waals surface area contributed by atoms with Crippen LogP contribution in [0.2, 0.25) is 0 Å². The number of aryl methyl sites for hydroxylation is 3. The van der Waals surface area contributed by atoms with Crippen molar-refractivity contribution in [1.29, 1.82) is 0 Å². The molecule has 6 aromatic rings. The maximum atomic E-state index is 13.1. The normalized spacial score (nSPS) is 16.3. The fraction of sp³-hybridized carbons (Fsp3) is 0.543. The number of halogens is 1. The fourth-order valence-corrected chi connectivity index (χ4v) is 13.5. The Morgan fingerprint density at radius 1 is 0.402 bits per heavy atom. The zero-order valence-electron chi connectivity index (χ0n) is 71.0. The first-order valence-corrected chi connectivity index (χ1v) is 41.1. The van der Waals surface area contributed by atoms with E-state index in [0.29, 0.717) is 92.0 Å². The minimum Gasteiger partial charge on any atom is -0.478 e. The third-order valence-corrected chi connectivity index (χ3v) is 20.3. The summed E-state index contributed by atoms with van der Waals surface area (Å²) in [6.45, 7) is 44.0. The monoisotopic (exact) mass is 1600 g/mol. The van der Waals surface area contributed by atoms with Gasteiger partial charge in [0.15, 0.2) is 16.8 Å². The van der Waals surface area contributed by atoms with Crippen LogP contribution >= 0.6 is 15.9 Å². The number of carboxylic acid groups (broad SMARTS) is 1. The number of ketones is 3. The molecule has 3 aliphatic heterocycles. The van der Waals surface area contributed by atoms with Crippen molar-refractivity contribution in [2.75, 3.05) is 49.1 Å². The molecule has 112 heavy (non-hydrogen) atoms. The van der Waals surface area contributed by atoms with Gasteiger partial charge in [0.05, 0.1) is 0 Å². The van der Waals surface area contributed by atoms with Gasteiger partial charge in [-0.25, -0.2) is 19.2 Å². The van der Waals surface area contributed by atoms with E-state index >= 15 is 0 Å². The second-order valence-corrected chi connectivity index (χ2v) is 36.4. The first-order valence-electron chi connectivity index (χ1n) is 40.3. The summed E-state index contributed by atoms with van der Waals surface area (Å²) in [7, 11) is 0. The zero-order valence-corrected chi connectivity index (χ0v) is 72.6. The standard InChI is InChI=1S/C31H43NO4.C27H35NO4.C22H33NO3.C14H19BrO3/c1-22(2)24-16-13-23(14-17-24)15-18-28(33)25-10-9-19-32(21-25)26-11-8-12-27(20-26)35-31(6,7)29(34)36-30(3,4)5;1-19(2)21-13-10-20(11-14-21)12-15-25(29)22-7-6-16-28(18-22)23-8-5-9-24(17-23)32-27(3,4)26(30)31;1-16(2)18-11-8-17(9-12-18)10-13-20(24)19-7-6-14-23(15-19)21(25)26-22(3,4)5;1-13(2,3)18-12(16)14(4,5)17-11-8-6-7-10(15)9-11/h8,11-14,16-17,20,22,25H,9-10,15,18-19,21H2,1-7H3;5,8-11,13-14,17,19,22H,6-7,12,15-16,18H2,1-4H3,(H,30,31);8-9,11-12,16,19H,6-7,10,13-15H2,1-5H3;6-9H,1-5H3. The number of anilines is 2. The average Bonchev–Trinajstić information content (AvgIpc) is 0.826. The van der Waals surface area contributed by atoms with Gasteiger partial charge < -0.3 is 48.2 Å². The summed E-state index contributed by atoms with van der Waals surface area (Å²) in [5.74, 6) is 2.44. The molecule has 3 saturated heterocycles. The molecule has 9 rings (SSSR count). The smallest absolute Gasteiger partial charge is 0.410 e. The molecule has 6 aromatic carbocycles. The van der Waals surface area contributed by atoms with Crippen molar-refractivity contribution >= 4 is 68.7 Å². The highest BCUT2D eigenvalue weighted by Crippen LogP contribution is 2.34. The zero-order chi connectivity index (χ0) is 83.1. The van der Waals surface area contributed by atoms with Crippen LogP contribution in [-0.4, -0.2) is 124 Å². The molecule has 3 heterocycles. The van der Waals surface area contributed by atoms with Crippen LogP contribution < -0.4 is 24.0 Å². The third-order valence-electron chi connectivity index (χ3n) is 19.8. The molecule has 0 aliphatic carbocycles. The van der Waals surface area contributed by atoms with Gasteiger partial charge in [-0.1, -0.05) is 148 Å². The number of aliphatic carboxylic acids is 1. The number of carbonyl (C=O) groups is 7. The van der Waals surface area contributed by atoms with Crippen molar-refractivity contribution < 1.29 is 67.1 Å². The molecule has 0 bridgehead atoms. The third kappa shape index (κ3) is 31.5. The molecule has 18 heteroatoms. The Kier molecular flexibility index (Phi) is 34.2. The molecule has 0 saturated carbocycles. The van der Waals surface area contributed by atoms with E-state index in [4.69, 9.17) is 28.4 Å². The Hall–Kier alpha value is -8.51. The average molecular weight is 1610 g/mol. The predicted octanol–water partition coefficient (Wildman–Crippen LogP) is 21.1. The largest absolute Gasteiger partial charge is 0.478 e. The quantitative estimate of drug-likeness (QED) is 0.0396. The van der Waals surface area contributed by atoms with Gasteiger partial charge in [0.1, 0.15) is 51.4 Å². The Balaban J connectivity index is 0.000000239. The molecule has 1 N–H and O–H groups in total. The lowest BCUT2D eigenvalue weighted by Crippen LogP contribution is -2.44. The summed E-state index contributed by atoms with van der Waals surface area (Å²) in [6.07, 6.45) is 9.23. The Labute approximate surface area is 678 Å². The maximum absolute atomic E-state index is 13.1. The molecule has 0 radical (unpaired) electrons. The summed E-state index contributed by atoms with van der Waals surface area (Å²) in [4.78, 5) is 93.0. The molecule has 3 atom stereocenters. The van der Waals surface area contributed by atoms with E-state index < -0.39 is 45.5 Å². The van der Waals surface area contributed by atoms with Gasteiger partial charge >= 0.3 is 24.0 Å². The number of hydrogen-bond acceptors (Lipinski definition) is 15. The van der Waals surface area contributed by atoms with Crippen LogP contribution in [0.3, 0.4) is 0 Å². The molecule has 3 unspecified atom stereocenters. The molecule has 612 valence electrons. The molecule has 1 amide bonds. The first kappa shape index (κ1) is 92.4. The van der Waals surface area contributed by atoms with E-state index in [-0.39, 0.29) is 35.6 Å². The topological polar surface area (TPSA) is 205 Å². The van der Waals surface area contributed by atoms with Crippen molar-refractivity contribution in [3.63, 3.8) is 0 Å². The van der Waals surface area contributed by atoms with Crippen LogP contribution in [0.25, 0.3) is 0 Å². The second-order valence-electron chi connectivity index (χ2n) is 35.5. The molecule has 3 aliphatic rings. The van der Waals surface area contributed by atoms with Crippen molar-refractivity contribution in [2.24, 2.45) is 17.8 Å². The SMILES string of the molecule is CC(C)(C)OC(=O)C(C)(C)Oc1cccc(Br)c1.CC(C)c1ccc(CCC(=O)C2CCCN(C(=O)OC(C)(C)C)C2)cc1.CC(C)c1ccc(CCC(=O)C2CCCN(c3cccc(OC(C)(C)C(=O)O)c3)C2)cc1.CC(C)c1ccc(CCC(=O)C2CCCN(c3cccc(OC(C)(C)C(=O)OC(C)(C)C)c3)C2)cc1. The molecule has 0 spiro atoms. The Morgan fingerprint density at radius 3 is 1.04 bits per heavy atom. The highest BCUT2D eigenvalue weighted by atomic mass is 79.9. The van der Waals surface area contributed by atoms with E-state index in [1.165, 1.54) is 47.2 Å². The summed E-state index contributed by atoms with van der Waals surface area (Å²) < 4.78 is 34.6. The van der Waals surface area contributed by atoms with Gasteiger partial charge in [0.2, 0.25) is 0 Å². The van der Waals surface area contributed by atoms with Gasteiger partial charge in [0, 0.05) is 104 Å². The number of ether oxygens (including phenoxy) is 6. The van der Waals surface area contributed by atoms with E-state index in [2.05, 4.69) is 140 Å². The number of benzene rings is 6. The van der Waals surface area contributed by atoms with Crippen LogP contribution in [0, 0.1) is 17.8 Å². The van der Waals surface area contributed by atoms with Gasteiger partial charge in [-0.2, -0.15) is 0 Å². The molecular formula is C94H130BrN3O14. The van der Waals surface area contributed by atoms with Crippen molar-refractivity contribution in [2.45, 2.75) is 274 Å². The Bertz CT molecular complexity index is 4030. The molecule has 3 fully saturated rings. The number of carboxylic acids is 1. The van der Waals surface area contributed by atoms with Crippen molar-refractivity contribution in [1.82, 2.24) is 4.90 Å². The molecule has 0 aromatic heterocycles. The number of amides is 1. The number of carbonyl (C=O) groups excluding carboxylic acids is 6. The number of piperidine rings is 3. The number of esters is 2. The number of rotatable bonds is 26. The van der Waals surface area contributed by atoms with E-state index in [0.717, 1.165) is 86.7 Å². The van der Waals surface area contributed by atoms with E-state index in [1.807, 2.05) is 123 Å². The highest BCUT2D eigenvalue weighted by Gasteiger charge is 2.38. The number of hydrogen-bond donors (Lipinski definition) is 1. The van der Waals surface area contributed by atoms with Crippen LogP contribution in [0.15, 0.2) is 150 Å². The predicted molar refractivity (Wildman–Crippen MR) is 452 cm³/mol. The lowest BCUT2D eigenvalue weighted by molar-refractivity contribution is -0.171. The summed E-state index contributed by atoms with van der Waals surface area (Å²) in [6, 6.07) is 48.4. The highest BCUT2D eigenvalue weighted by molar-refractivity contribution is 9.10. The number of Topliss-reactive ketones (excluding diaryl/α,β-unsaturated/α-hetero) is 3. The second kappa shape index (κ2) is 41.5. The van der Waals surface area contributed by atoms with Gasteiger partial charge in [-0.05, 0) is 255 Å². The Morgan fingerprint density at radius 2 is 0.714 bits per heavy atom. The van der Waals surface area contributed by atoms with E-state index in [9.17, 15) is 38.7 Å². The molecule has 17 nitrogen and oxygen atoms in total. The summed E-state index contributed by atoms with van der Waals surface area (Å²) in [5, 5.41) is 9.31. The lowest BCUT2D eigenvalue weighted by Gasteiger charge is -2.34. The first-order chi connectivity index (χ1) is 52.2. The molecular weight excluding hydrogens is 1470 g/mol. The van der Waals surface area contributed by atoms with Gasteiger partial charge in [0.25, 0.3) is 0 Å². The van der Waals surface area contributed by atoms with Gasteiger partial charge in [-0.15, -0.1) is 0 Å². The van der Waals surface area contributed by atoms with Crippen LogP contribution in [0.4, 0.5) is 16.2 Å². The number of nitrogens with zero attached hydrogens (tertiary/aromatic N) is 3. The van der Waals surface area contributed by atoms with Crippen LogP contribution in [-0.2, 0) is 62.2 Å². The summed E-state index contributed by atoms with van der Waals surface area (Å²) >= 11 is 3.36. The summed E-state index contributed by atoms with van der Waals surface area (Å²) in [5.41, 5.74) is 4.54. The van der Waals surface area contributed by atoms with Crippen molar-refractivity contribution in [3.05, 3.63) is 183 Å². The number of likely N-dealkylation sites (tertiary alicyclic amines) is 1. The van der Waals surface area contributed by atoms with Crippen LogP contribution in [0.5, 0.6) is 17.2 Å². The lowest BCUT2D eigenvalue weighted by atomic mass is 9.90. The van der Waals surface area contributed by atoms with E-state index in [1.54, 1.807) is 44.7 Å². The maximum Gasteiger partial charge on any atom is 0.410 e. The minimum absolute atomic E-state index is 0.0266. The van der Waals surface area contributed by atoms with Crippen molar-refractivity contribution in [3.8, 4) is 17.2 Å². The fourth-order valence-electron chi connectivity index (χ4n) is 13.1. The van der Waals surface area contributed by atoms with Gasteiger partial charge in [-0.3, -0.25) is 14.4 Å².